The highest BCUT2D eigenvalue weighted by molar-refractivity contribution is 7.52. The number of nitrogens with two attached hydrogens (primary N) is 1. The van der Waals surface area contributed by atoms with Crippen LogP contribution in [0, 0.1) is 5.41 Å². The molecular formula is C13H22N5O5P. The maximum Gasteiger partial charge on any atom is 0.353 e. The number of anilines is 1. The van der Waals surface area contributed by atoms with Crippen LogP contribution in [0.25, 0.3) is 11.2 Å². The Labute approximate surface area is 139 Å². The molecule has 0 fully saturated rings. The number of ether oxygens (including phenoxy) is 1. The van der Waals surface area contributed by atoms with Crippen LogP contribution in [-0.2, 0) is 20.4 Å². The first-order chi connectivity index (χ1) is 11.2. The predicted molar refractivity (Wildman–Crippen MR) is 87.2 cm³/mol. The summed E-state index contributed by atoms with van der Waals surface area (Å²) in [6.07, 6.45) is 2.46. The second kappa shape index (κ2) is 7.54. The molecule has 24 heavy (non-hydrogen) atoms. The summed E-state index contributed by atoms with van der Waals surface area (Å²) in [6.45, 7) is 3.83. The molecule has 0 spiro atoms. The van der Waals surface area contributed by atoms with Gasteiger partial charge in [-0.1, -0.05) is 13.8 Å². The van der Waals surface area contributed by atoms with Crippen LogP contribution in [0.1, 0.15) is 13.8 Å². The molecular weight excluding hydrogens is 337 g/mol. The van der Waals surface area contributed by atoms with Crippen LogP contribution in [-0.4, -0.2) is 55.7 Å². The topological polar surface area (TPSA) is 146 Å². The minimum Gasteiger partial charge on any atom is -0.396 e. The third-order valence-electron chi connectivity index (χ3n) is 3.25. The Morgan fingerprint density at radius 1 is 1.38 bits per heavy atom. The lowest BCUT2D eigenvalue weighted by molar-refractivity contribution is 0.0790. The van der Waals surface area contributed by atoms with Crippen LogP contribution >= 0.6 is 7.60 Å². The third-order valence-corrected chi connectivity index (χ3v) is 4.29. The molecule has 0 saturated heterocycles. The van der Waals surface area contributed by atoms with Gasteiger partial charge in [-0.2, -0.15) is 0 Å². The molecule has 0 amide bonds. The van der Waals surface area contributed by atoms with E-state index >= 15 is 0 Å². The zero-order valence-electron chi connectivity index (χ0n) is 13.6. The highest BCUT2D eigenvalue weighted by atomic mass is 31.2. The third kappa shape index (κ3) is 4.96. The highest BCUT2D eigenvalue weighted by Gasteiger charge is 2.25. The molecule has 11 heteroatoms. The Morgan fingerprint density at radius 2 is 2.12 bits per heavy atom. The van der Waals surface area contributed by atoms with Crippen molar-refractivity contribution in [3.05, 3.63) is 12.7 Å². The van der Waals surface area contributed by atoms with Crippen molar-refractivity contribution in [2.24, 2.45) is 5.41 Å². The zero-order chi connectivity index (χ0) is 17.8. The van der Waals surface area contributed by atoms with E-state index in [4.69, 9.17) is 20.1 Å². The van der Waals surface area contributed by atoms with Gasteiger partial charge < -0.3 is 29.6 Å². The molecule has 0 aliphatic heterocycles. The summed E-state index contributed by atoms with van der Waals surface area (Å²) < 4.78 is 23.8. The van der Waals surface area contributed by atoms with Crippen LogP contribution in [0.15, 0.2) is 12.7 Å². The summed E-state index contributed by atoms with van der Waals surface area (Å²) in [7, 11) is -3.87. The number of aliphatic hydroxyl groups excluding tert-OH is 1. The predicted octanol–water partition coefficient (Wildman–Crippen LogP) is 0.603. The monoisotopic (exact) mass is 359 g/mol. The number of fused-ring (bicyclic) bond motifs is 1. The number of aliphatic hydroxyl groups is 1. The minimum atomic E-state index is -3.87. The molecule has 2 aromatic rings. The van der Waals surface area contributed by atoms with Crippen LogP contribution < -0.4 is 5.73 Å². The second-order valence-corrected chi connectivity index (χ2v) is 7.93. The molecule has 0 radical (unpaired) electrons. The summed E-state index contributed by atoms with van der Waals surface area (Å²) >= 11 is 0. The van der Waals surface area contributed by atoms with E-state index < -0.39 is 19.4 Å². The normalized spacial score (nSPS) is 14.8. The standard InChI is InChI=1S/C13H22N5O5P/c1-13(2,5-19)6-23-24(20,21)9-22-4-3-18-8-17-10-11(14)15-7-16-12(10)18/h7-8,19H,3-6,9H2,1-2H3,(H,20,21)(H2,14,15,16). The molecule has 2 aromatic heterocycles. The summed E-state index contributed by atoms with van der Waals surface area (Å²) in [5.74, 6) is 0.291. The van der Waals surface area contributed by atoms with Gasteiger partial charge in [0, 0.05) is 12.0 Å². The molecule has 2 rings (SSSR count). The van der Waals surface area contributed by atoms with E-state index in [1.54, 1.807) is 24.7 Å². The molecule has 4 N–H and O–H groups in total. The quantitative estimate of drug-likeness (QED) is 0.433. The number of hydrogen-bond donors (Lipinski definition) is 3. The molecule has 134 valence electrons. The van der Waals surface area contributed by atoms with Gasteiger partial charge in [0.25, 0.3) is 0 Å². The van der Waals surface area contributed by atoms with Crippen molar-refractivity contribution in [3.8, 4) is 0 Å². The fourth-order valence-electron chi connectivity index (χ4n) is 1.76. The van der Waals surface area contributed by atoms with Gasteiger partial charge in [-0.05, 0) is 0 Å². The average molecular weight is 359 g/mol. The number of hydrogen-bond acceptors (Lipinski definition) is 8. The maximum absolute atomic E-state index is 11.9. The second-order valence-electron chi connectivity index (χ2n) is 6.14. The van der Waals surface area contributed by atoms with Gasteiger partial charge in [-0.25, -0.2) is 15.0 Å². The van der Waals surface area contributed by atoms with Gasteiger partial charge in [0.1, 0.15) is 18.2 Å². The van der Waals surface area contributed by atoms with E-state index in [0.717, 1.165) is 0 Å². The van der Waals surface area contributed by atoms with Crippen molar-refractivity contribution < 1.29 is 23.8 Å². The van der Waals surface area contributed by atoms with Gasteiger partial charge in [0.15, 0.2) is 11.5 Å². The Kier molecular flexibility index (Phi) is 5.89. The summed E-state index contributed by atoms with van der Waals surface area (Å²) in [6, 6.07) is 0. The Bertz CT molecular complexity index is 735. The lowest BCUT2D eigenvalue weighted by atomic mass is 9.97. The van der Waals surface area contributed by atoms with E-state index in [-0.39, 0.29) is 19.8 Å². The molecule has 0 aromatic carbocycles. The number of imidazole rings is 1. The van der Waals surface area contributed by atoms with Crippen LogP contribution in [0.3, 0.4) is 0 Å². The molecule has 1 unspecified atom stereocenters. The molecule has 0 bridgehead atoms. The van der Waals surface area contributed by atoms with Crippen molar-refractivity contribution in [3.63, 3.8) is 0 Å². The molecule has 0 aliphatic rings. The molecule has 0 saturated carbocycles. The molecule has 1 atom stereocenters. The first-order valence-electron chi connectivity index (χ1n) is 7.30. The van der Waals surface area contributed by atoms with Crippen molar-refractivity contribution in [2.45, 2.75) is 20.4 Å². The summed E-state index contributed by atoms with van der Waals surface area (Å²) in [4.78, 5) is 21.8. The zero-order valence-corrected chi connectivity index (χ0v) is 14.5. The summed E-state index contributed by atoms with van der Waals surface area (Å²) in [5.41, 5.74) is 6.18. The van der Waals surface area contributed by atoms with Crippen molar-refractivity contribution in [1.82, 2.24) is 19.5 Å². The Morgan fingerprint density at radius 3 is 2.83 bits per heavy atom. The Hall–Kier alpha value is -1.58. The van der Waals surface area contributed by atoms with E-state index in [0.29, 0.717) is 23.5 Å². The van der Waals surface area contributed by atoms with E-state index in [1.807, 2.05) is 0 Å². The van der Waals surface area contributed by atoms with E-state index in [9.17, 15) is 9.46 Å². The first kappa shape index (κ1) is 18.8. The lowest BCUT2D eigenvalue weighted by Crippen LogP contribution is -2.23. The number of nitrogens with zero attached hydrogens (tertiary/aromatic N) is 4. The highest BCUT2D eigenvalue weighted by Crippen LogP contribution is 2.43. The van der Waals surface area contributed by atoms with Crippen LogP contribution in [0.2, 0.25) is 0 Å². The maximum atomic E-state index is 11.9. The number of rotatable bonds is 9. The smallest absolute Gasteiger partial charge is 0.353 e. The number of aromatic nitrogens is 4. The van der Waals surface area contributed by atoms with Gasteiger partial charge in [-0.3, -0.25) is 4.57 Å². The fourth-order valence-corrected chi connectivity index (χ4v) is 2.75. The van der Waals surface area contributed by atoms with E-state index in [1.165, 1.54) is 6.33 Å². The van der Waals surface area contributed by atoms with Gasteiger partial charge in [0.05, 0.1) is 26.1 Å². The minimum absolute atomic E-state index is 0.0387. The summed E-state index contributed by atoms with van der Waals surface area (Å²) in [5, 5.41) is 9.11. The van der Waals surface area contributed by atoms with E-state index in [2.05, 4.69) is 15.0 Å². The average Bonchev–Trinajstić information content (AvgIpc) is 2.95. The SMILES string of the molecule is CC(C)(CO)COP(=O)(O)COCCn1cnc2c(N)ncnc21. The van der Waals surface area contributed by atoms with Crippen LogP contribution in [0.5, 0.6) is 0 Å². The lowest BCUT2D eigenvalue weighted by Gasteiger charge is -2.23. The van der Waals surface area contributed by atoms with Gasteiger partial charge in [-0.15, -0.1) is 0 Å². The van der Waals surface area contributed by atoms with Gasteiger partial charge >= 0.3 is 7.60 Å². The largest absolute Gasteiger partial charge is 0.396 e. The van der Waals surface area contributed by atoms with Crippen LogP contribution in [0.4, 0.5) is 5.82 Å². The first-order valence-corrected chi connectivity index (χ1v) is 9.07. The van der Waals surface area contributed by atoms with Crippen molar-refractivity contribution >= 4 is 24.6 Å². The van der Waals surface area contributed by atoms with Crippen molar-refractivity contribution in [1.29, 1.82) is 0 Å². The molecule has 2 heterocycles. The van der Waals surface area contributed by atoms with Crippen molar-refractivity contribution in [2.75, 3.05) is 31.9 Å². The van der Waals surface area contributed by atoms with Gasteiger partial charge in [0.2, 0.25) is 0 Å². The number of nitrogen functional groups attached to an aromatic ring is 1. The molecule has 0 aliphatic carbocycles. The fraction of sp³-hybridized carbons (Fsp3) is 0.615. The Balaban J connectivity index is 1.81. The molecule has 10 nitrogen and oxygen atoms in total.